The quantitative estimate of drug-likeness (QED) is 0.804. The van der Waals surface area contributed by atoms with Gasteiger partial charge in [-0.25, -0.2) is 4.39 Å². The van der Waals surface area contributed by atoms with Gasteiger partial charge in [0.05, 0.1) is 12.2 Å². The number of carbonyl (C=O) groups excluding carboxylic acids is 1. The normalized spacial score (nSPS) is 10.2. The number of carboxylic acid groups (broad SMARTS) is 1. The average Bonchev–Trinajstić information content (AvgIpc) is 2.33. The molecule has 1 aromatic rings. The minimum Gasteiger partial charge on any atom is -0.481 e. The number of halogens is 1. The molecule has 98 valence electrons. The Bertz CT molecular complexity index is 465. The van der Waals surface area contributed by atoms with E-state index in [-0.39, 0.29) is 30.4 Å². The number of carbonyl (C=O) groups is 2. The van der Waals surface area contributed by atoms with Gasteiger partial charge in [0.2, 0.25) is 5.91 Å². The first-order valence-corrected chi connectivity index (χ1v) is 5.98. The molecule has 0 bridgehead atoms. The molecule has 0 spiro atoms. The monoisotopic (exact) mass is 271 g/mol. The van der Waals surface area contributed by atoms with E-state index in [1.165, 1.54) is 23.1 Å². The minimum atomic E-state index is -0.995. The SMILES string of the molecule is Cc1cc(N(CCC(=O)O)C(=O)CS)ccc1F. The van der Waals surface area contributed by atoms with E-state index in [0.29, 0.717) is 11.3 Å². The molecule has 0 heterocycles. The lowest BCUT2D eigenvalue weighted by atomic mass is 10.2. The molecule has 0 saturated carbocycles. The number of thiol groups is 1. The van der Waals surface area contributed by atoms with Gasteiger partial charge in [-0.15, -0.1) is 0 Å². The third-order valence-corrected chi connectivity index (χ3v) is 2.71. The van der Waals surface area contributed by atoms with E-state index in [1.54, 1.807) is 6.92 Å². The van der Waals surface area contributed by atoms with Crippen molar-refractivity contribution in [2.24, 2.45) is 0 Å². The molecule has 0 aliphatic rings. The molecule has 1 N–H and O–H groups in total. The molecule has 0 aliphatic carbocycles. The van der Waals surface area contributed by atoms with E-state index in [0.717, 1.165) is 0 Å². The molecule has 0 atom stereocenters. The lowest BCUT2D eigenvalue weighted by Gasteiger charge is -2.21. The summed E-state index contributed by atoms with van der Waals surface area (Å²) in [6.07, 6.45) is -0.171. The van der Waals surface area contributed by atoms with Crippen LogP contribution < -0.4 is 4.90 Å². The number of rotatable bonds is 5. The number of amides is 1. The van der Waals surface area contributed by atoms with Crippen molar-refractivity contribution in [1.82, 2.24) is 0 Å². The number of nitrogens with zero attached hydrogens (tertiary/aromatic N) is 1. The number of carboxylic acids is 1. The maximum atomic E-state index is 13.1. The highest BCUT2D eigenvalue weighted by Crippen LogP contribution is 2.19. The van der Waals surface area contributed by atoms with Gasteiger partial charge in [0.25, 0.3) is 0 Å². The smallest absolute Gasteiger partial charge is 0.305 e. The molecule has 18 heavy (non-hydrogen) atoms. The van der Waals surface area contributed by atoms with Gasteiger partial charge in [0.15, 0.2) is 0 Å². The highest BCUT2D eigenvalue weighted by molar-refractivity contribution is 7.81. The molecule has 0 unspecified atom stereocenters. The topological polar surface area (TPSA) is 57.6 Å². The summed E-state index contributed by atoms with van der Waals surface area (Å²) in [4.78, 5) is 23.5. The molecule has 1 aromatic carbocycles. The lowest BCUT2D eigenvalue weighted by molar-refractivity contribution is -0.136. The minimum absolute atomic E-state index is 0.0317. The highest BCUT2D eigenvalue weighted by atomic mass is 32.1. The molecule has 0 radical (unpaired) electrons. The van der Waals surface area contributed by atoms with Crippen molar-refractivity contribution in [3.8, 4) is 0 Å². The summed E-state index contributed by atoms with van der Waals surface area (Å²) in [6, 6.07) is 4.22. The van der Waals surface area contributed by atoms with E-state index in [1.807, 2.05) is 0 Å². The van der Waals surface area contributed by atoms with Crippen molar-refractivity contribution in [1.29, 1.82) is 0 Å². The lowest BCUT2D eigenvalue weighted by Crippen LogP contribution is -2.34. The molecule has 0 saturated heterocycles. The number of anilines is 1. The van der Waals surface area contributed by atoms with E-state index in [9.17, 15) is 14.0 Å². The van der Waals surface area contributed by atoms with Gasteiger partial charge in [-0.3, -0.25) is 9.59 Å². The highest BCUT2D eigenvalue weighted by Gasteiger charge is 2.16. The molecule has 4 nitrogen and oxygen atoms in total. The van der Waals surface area contributed by atoms with Gasteiger partial charge in [-0.2, -0.15) is 12.6 Å². The van der Waals surface area contributed by atoms with Crippen molar-refractivity contribution in [3.63, 3.8) is 0 Å². The zero-order valence-electron chi connectivity index (χ0n) is 9.89. The summed E-state index contributed by atoms with van der Waals surface area (Å²) in [5.74, 6) is -1.71. The predicted molar refractivity (Wildman–Crippen MR) is 69.6 cm³/mol. The second-order valence-electron chi connectivity index (χ2n) is 3.78. The van der Waals surface area contributed by atoms with Gasteiger partial charge >= 0.3 is 5.97 Å². The van der Waals surface area contributed by atoms with E-state index in [4.69, 9.17) is 5.11 Å². The van der Waals surface area contributed by atoms with Crippen LogP contribution in [0, 0.1) is 12.7 Å². The van der Waals surface area contributed by atoms with Crippen LogP contribution in [-0.4, -0.2) is 29.3 Å². The van der Waals surface area contributed by atoms with Gasteiger partial charge < -0.3 is 10.0 Å². The average molecular weight is 271 g/mol. The predicted octanol–water partition coefficient (Wildman–Crippen LogP) is 1.87. The van der Waals surface area contributed by atoms with Crippen LogP contribution >= 0.6 is 12.6 Å². The van der Waals surface area contributed by atoms with Crippen LogP contribution in [0.25, 0.3) is 0 Å². The Balaban J connectivity index is 2.97. The number of hydrogen-bond acceptors (Lipinski definition) is 3. The summed E-state index contributed by atoms with van der Waals surface area (Å²) >= 11 is 3.88. The van der Waals surface area contributed by atoms with E-state index >= 15 is 0 Å². The molecule has 0 aliphatic heterocycles. The molecule has 0 aromatic heterocycles. The second-order valence-corrected chi connectivity index (χ2v) is 4.10. The van der Waals surface area contributed by atoms with Crippen molar-refractivity contribution < 1.29 is 19.1 Å². The Labute approximate surface area is 110 Å². The first-order chi connectivity index (χ1) is 8.45. The van der Waals surface area contributed by atoms with Crippen LogP contribution in [0.1, 0.15) is 12.0 Å². The van der Waals surface area contributed by atoms with Gasteiger partial charge in [0.1, 0.15) is 5.82 Å². The standard InChI is InChI=1S/C12H14FNO3S/c1-8-6-9(2-3-10(8)13)14(11(15)7-18)5-4-12(16)17/h2-3,6,18H,4-5,7H2,1H3,(H,16,17). The van der Waals surface area contributed by atoms with Crippen molar-refractivity contribution in [3.05, 3.63) is 29.6 Å². The molecule has 1 rings (SSSR count). The molecule has 1 amide bonds. The van der Waals surface area contributed by atoms with Crippen LogP contribution in [0.3, 0.4) is 0 Å². The number of aliphatic carboxylic acids is 1. The molecular formula is C12H14FNO3S. The van der Waals surface area contributed by atoms with Crippen LogP contribution in [-0.2, 0) is 9.59 Å². The maximum Gasteiger partial charge on any atom is 0.305 e. The zero-order valence-corrected chi connectivity index (χ0v) is 10.8. The summed E-state index contributed by atoms with van der Waals surface area (Å²) in [5.41, 5.74) is 0.883. The van der Waals surface area contributed by atoms with Gasteiger partial charge in [-0.1, -0.05) is 0 Å². The summed E-state index contributed by atoms with van der Waals surface area (Å²) in [6.45, 7) is 1.62. The second kappa shape index (κ2) is 6.39. The third kappa shape index (κ3) is 3.73. The van der Waals surface area contributed by atoms with Gasteiger partial charge in [-0.05, 0) is 30.7 Å². The number of benzene rings is 1. The fourth-order valence-corrected chi connectivity index (χ4v) is 1.66. The van der Waals surface area contributed by atoms with Crippen molar-refractivity contribution in [2.75, 3.05) is 17.2 Å². The fraction of sp³-hybridized carbons (Fsp3) is 0.333. The zero-order chi connectivity index (χ0) is 13.7. The van der Waals surface area contributed by atoms with E-state index in [2.05, 4.69) is 12.6 Å². The Hall–Kier alpha value is -1.56. The summed E-state index contributed by atoms with van der Waals surface area (Å²) in [5, 5.41) is 8.65. The van der Waals surface area contributed by atoms with Crippen molar-refractivity contribution in [2.45, 2.75) is 13.3 Å². The van der Waals surface area contributed by atoms with Crippen LogP contribution in [0.2, 0.25) is 0 Å². The fourth-order valence-electron chi connectivity index (χ4n) is 1.49. The molecule has 0 fully saturated rings. The molecular weight excluding hydrogens is 257 g/mol. The van der Waals surface area contributed by atoms with Crippen LogP contribution in [0.5, 0.6) is 0 Å². The maximum absolute atomic E-state index is 13.1. The first-order valence-electron chi connectivity index (χ1n) is 5.35. The Morgan fingerprint density at radius 1 is 1.44 bits per heavy atom. The van der Waals surface area contributed by atoms with Crippen LogP contribution in [0.15, 0.2) is 18.2 Å². The first kappa shape index (κ1) is 14.5. The van der Waals surface area contributed by atoms with Crippen LogP contribution in [0.4, 0.5) is 10.1 Å². The summed E-state index contributed by atoms with van der Waals surface area (Å²) in [7, 11) is 0. The van der Waals surface area contributed by atoms with Gasteiger partial charge in [0, 0.05) is 12.2 Å². The molecule has 6 heteroatoms. The summed E-state index contributed by atoms with van der Waals surface area (Å²) < 4.78 is 13.1. The largest absolute Gasteiger partial charge is 0.481 e. The third-order valence-electron chi connectivity index (χ3n) is 2.44. The number of aryl methyl sites for hydroxylation is 1. The Kier molecular flexibility index (Phi) is 5.15. The van der Waals surface area contributed by atoms with E-state index < -0.39 is 5.97 Å². The van der Waals surface area contributed by atoms with Crippen molar-refractivity contribution >= 4 is 30.2 Å². The Morgan fingerprint density at radius 2 is 2.11 bits per heavy atom. The number of hydrogen-bond donors (Lipinski definition) is 2. The Morgan fingerprint density at radius 3 is 2.61 bits per heavy atom.